The van der Waals surface area contributed by atoms with Crippen molar-refractivity contribution in [1.82, 2.24) is 0 Å². The van der Waals surface area contributed by atoms with Gasteiger partial charge in [0, 0.05) is 6.61 Å². The fourth-order valence-electron chi connectivity index (χ4n) is 0.545. The molecule has 0 fully saturated rings. The van der Waals surface area contributed by atoms with Crippen LogP contribution in [0, 0.1) is 5.41 Å². The molecule has 3 heteroatoms. The molecule has 0 atom stereocenters. The summed E-state index contributed by atoms with van der Waals surface area (Å²) in [5, 5.41) is 15.8. The predicted octanol–water partition coefficient (Wildman–Crippen LogP) is 2.06. The van der Waals surface area contributed by atoms with E-state index in [4.69, 9.17) is 15.0 Å². The number of carboxylic acid groups (broad SMARTS) is 1. The topological polar surface area (TPSA) is 57.5 Å². The Labute approximate surface area is 80.1 Å². The van der Waals surface area contributed by atoms with E-state index in [2.05, 4.69) is 33.8 Å². The monoisotopic (exact) mass is 188 g/mol. The van der Waals surface area contributed by atoms with Crippen LogP contribution in [0.2, 0.25) is 0 Å². The first-order chi connectivity index (χ1) is 5.89. The summed E-state index contributed by atoms with van der Waals surface area (Å²) in [5.41, 5.74) is 1.37. The molecular weight excluding hydrogens is 168 g/mol. The predicted molar refractivity (Wildman–Crippen MR) is 53.6 cm³/mol. The van der Waals surface area contributed by atoms with E-state index in [9.17, 15) is 0 Å². The third-order valence-electron chi connectivity index (χ3n) is 1.49. The van der Waals surface area contributed by atoms with Crippen LogP contribution < -0.4 is 0 Å². The molecule has 0 unspecified atom stereocenters. The number of aliphatic hydroxyl groups is 1. The van der Waals surface area contributed by atoms with Gasteiger partial charge in [-0.1, -0.05) is 25.5 Å². The maximum absolute atomic E-state index is 8.88. The Kier molecular flexibility index (Phi) is 8.81. The summed E-state index contributed by atoms with van der Waals surface area (Å²) < 4.78 is 0. The second-order valence-corrected chi connectivity index (χ2v) is 3.91. The number of aliphatic hydroxyl groups excluding tert-OH is 1. The fraction of sp³-hybridized carbons (Fsp3) is 0.700. The number of hydrogen-bond donors (Lipinski definition) is 2. The van der Waals surface area contributed by atoms with Crippen molar-refractivity contribution in [2.45, 2.75) is 34.1 Å². The average molecular weight is 188 g/mol. The Morgan fingerprint density at radius 1 is 1.38 bits per heavy atom. The summed E-state index contributed by atoms with van der Waals surface area (Å²) in [5.74, 6) is 0. The Balaban J connectivity index is 0. The molecule has 0 radical (unpaired) electrons. The molecule has 2 N–H and O–H groups in total. The van der Waals surface area contributed by atoms with Gasteiger partial charge in [0.25, 0.3) is 6.47 Å². The van der Waals surface area contributed by atoms with E-state index < -0.39 is 0 Å². The zero-order valence-electron chi connectivity index (χ0n) is 8.87. The number of hydrogen-bond acceptors (Lipinski definition) is 2. The minimum Gasteiger partial charge on any atom is -0.483 e. The highest BCUT2D eigenvalue weighted by Gasteiger charge is 2.13. The quantitative estimate of drug-likeness (QED) is 0.526. The Morgan fingerprint density at radius 3 is 2.00 bits per heavy atom. The maximum Gasteiger partial charge on any atom is 0.290 e. The van der Waals surface area contributed by atoms with Crippen LogP contribution in [-0.2, 0) is 4.79 Å². The highest BCUT2D eigenvalue weighted by Crippen LogP contribution is 2.19. The molecule has 13 heavy (non-hydrogen) atoms. The van der Waals surface area contributed by atoms with Crippen LogP contribution in [0.4, 0.5) is 0 Å². The summed E-state index contributed by atoms with van der Waals surface area (Å²) in [4.78, 5) is 8.36. The van der Waals surface area contributed by atoms with Crippen LogP contribution in [0.5, 0.6) is 0 Å². The molecular formula is C10H20O3. The molecule has 0 heterocycles. The zero-order chi connectivity index (χ0) is 10.9. The van der Waals surface area contributed by atoms with Crippen molar-refractivity contribution in [2.75, 3.05) is 6.61 Å². The van der Waals surface area contributed by atoms with Crippen molar-refractivity contribution < 1.29 is 15.0 Å². The molecule has 0 rings (SSSR count). The molecule has 0 saturated carbocycles. The van der Waals surface area contributed by atoms with E-state index in [0.717, 1.165) is 6.42 Å². The van der Waals surface area contributed by atoms with Crippen LogP contribution >= 0.6 is 0 Å². The SMILES string of the molecule is CC(C)=CCC(C)(C)CO.O=CO. The Bertz CT molecular complexity index is 156. The van der Waals surface area contributed by atoms with Gasteiger partial charge < -0.3 is 10.2 Å². The number of allylic oxidation sites excluding steroid dienone is 2. The Hall–Kier alpha value is -0.830. The van der Waals surface area contributed by atoms with E-state index in [1.807, 2.05) is 0 Å². The second kappa shape index (κ2) is 7.80. The normalized spacial score (nSPS) is 9.62. The van der Waals surface area contributed by atoms with E-state index in [1.165, 1.54) is 5.57 Å². The molecule has 0 bridgehead atoms. The Morgan fingerprint density at radius 2 is 1.77 bits per heavy atom. The lowest BCUT2D eigenvalue weighted by atomic mass is 9.90. The first-order valence-corrected chi connectivity index (χ1v) is 4.21. The minimum atomic E-state index is -0.250. The summed E-state index contributed by atoms with van der Waals surface area (Å²) >= 11 is 0. The molecule has 0 aromatic heterocycles. The molecule has 0 amide bonds. The van der Waals surface area contributed by atoms with E-state index >= 15 is 0 Å². The van der Waals surface area contributed by atoms with Crippen LogP contribution in [-0.4, -0.2) is 23.3 Å². The smallest absolute Gasteiger partial charge is 0.290 e. The largest absolute Gasteiger partial charge is 0.483 e. The maximum atomic E-state index is 8.88. The third-order valence-corrected chi connectivity index (χ3v) is 1.49. The molecule has 78 valence electrons. The molecule has 3 nitrogen and oxygen atoms in total. The van der Waals surface area contributed by atoms with Crippen LogP contribution in [0.15, 0.2) is 11.6 Å². The highest BCUT2D eigenvalue weighted by atomic mass is 16.3. The molecule has 0 aliphatic carbocycles. The lowest BCUT2D eigenvalue weighted by Gasteiger charge is -2.18. The van der Waals surface area contributed by atoms with Gasteiger partial charge in [0.15, 0.2) is 0 Å². The fourth-order valence-corrected chi connectivity index (χ4v) is 0.545. The van der Waals surface area contributed by atoms with Gasteiger partial charge in [-0.3, -0.25) is 4.79 Å². The summed E-state index contributed by atoms with van der Waals surface area (Å²) in [6.07, 6.45) is 3.13. The highest BCUT2D eigenvalue weighted by molar-refractivity contribution is 5.32. The molecule has 0 aromatic rings. The molecule has 0 saturated heterocycles. The van der Waals surface area contributed by atoms with Crippen LogP contribution in [0.3, 0.4) is 0 Å². The van der Waals surface area contributed by atoms with E-state index in [1.54, 1.807) is 0 Å². The lowest BCUT2D eigenvalue weighted by molar-refractivity contribution is -0.122. The molecule has 0 aromatic carbocycles. The first-order valence-electron chi connectivity index (χ1n) is 4.21. The van der Waals surface area contributed by atoms with Gasteiger partial charge in [0.05, 0.1) is 0 Å². The zero-order valence-corrected chi connectivity index (χ0v) is 8.87. The van der Waals surface area contributed by atoms with Gasteiger partial charge in [-0.15, -0.1) is 0 Å². The van der Waals surface area contributed by atoms with Crippen molar-refractivity contribution in [3.05, 3.63) is 11.6 Å². The van der Waals surface area contributed by atoms with Gasteiger partial charge in [0.1, 0.15) is 0 Å². The molecule has 0 spiro atoms. The van der Waals surface area contributed by atoms with Crippen molar-refractivity contribution >= 4 is 6.47 Å². The summed E-state index contributed by atoms with van der Waals surface area (Å²) in [6.45, 7) is 8.29. The number of rotatable bonds is 3. The lowest BCUT2D eigenvalue weighted by Crippen LogP contribution is -2.15. The standard InChI is InChI=1S/C9H18O.CH2O2/c1-8(2)5-6-9(3,4)7-10;2-1-3/h5,10H,6-7H2,1-4H3;1H,(H,2,3). The van der Waals surface area contributed by atoms with Crippen LogP contribution in [0.25, 0.3) is 0 Å². The van der Waals surface area contributed by atoms with Crippen molar-refractivity contribution in [3.63, 3.8) is 0 Å². The average Bonchev–Trinajstić information content (AvgIpc) is 2.03. The van der Waals surface area contributed by atoms with Gasteiger partial charge >= 0.3 is 0 Å². The summed E-state index contributed by atoms with van der Waals surface area (Å²) in [7, 11) is 0. The van der Waals surface area contributed by atoms with Crippen LogP contribution in [0.1, 0.15) is 34.1 Å². The number of carbonyl (C=O) groups is 1. The molecule has 0 aliphatic rings. The van der Waals surface area contributed by atoms with E-state index in [0.29, 0.717) is 0 Å². The van der Waals surface area contributed by atoms with Gasteiger partial charge in [-0.25, -0.2) is 0 Å². The minimum absolute atomic E-state index is 0.0528. The van der Waals surface area contributed by atoms with Crippen molar-refractivity contribution in [1.29, 1.82) is 0 Å². The molecule has 0 aliphatic heterocycles. The van der Waals surface area contributed by atoms with Gasteiger partial charge in [-0.2, -0.15) is 0 Å². The summed E-state index contributed by atoms with van der Waals surface area (Å²) in [6, 6.07) is 0. The van der Waals surface area contributed by atoms with E-state index in [-0.39, 0.29) is 18.5 Å². The second-order valence-electron chi connectivity index (χ2n) is 3.91. The van der Waals surface area contributed by atoms with Crippen molar-refractivity contribution in [3.8, 4) is 0 Å². The van der Waals surface area contributed by atoms with Crippen molar-refractivity contribution in [2.24, 2.45) is 5.41 Å². The third kappa shape index (κ3) is 14.1. The van der Waals surface area contributed by atoms with Gasteiger partial charge in [0.2, 0.25) is 0 Å². The first kappa shape index (κ1) is 14.7. The van der Waals surface area contributed by atoms with Gasteiger partial charge in [-0.05, 0) is 25.7 Å².